The third kappa shape index (κ3) is 38.4. The summed E-state index contributed by atoms with van der Waals surface area (Å²) < 4.78 is 20.0. The van der Waals surface area contributed by atoms with E-state index in [1.807, 2.05) is 6.92 Å². The zero-order valence-corrected chi connectivity index (χ0v) is 24.9. The second-order valence-corrected chi connectivity index (χ2v) is 9.06. The molecule has 0 aliphatic rings. The number of carbonyl (C=O) groups is 1. The fourth-order valence-corrected chi connectivity index (χ4v) is 3.04. The molecule has 0 rings (SSSR count). The summed E-state index contributed by atoms with van der Waals surface area (Å²) in [6.45, 7) is 6.05. The van der Waals surface area contributed by atoms with Crippen LogP contribution in [0.4, 0.5) is 0 Å². The van der Waals surface area contributed by atoms with Crippen LogP contribution in [0, 0.1) is 0 Å². The molecule has 190 valence electrons. The predicted octanol–water partition coefficient (Wildman–Crippen LogP) is 2.90. The van der Waals surface area contributed by atoms with E-state index in [2.05, 4.69) is 13.8 Å². The molecule has 32 heavy (non-hydrogen) atoms. The number of unbranched alkanes of at least 4 members (excludes halogenated alkanes) is 12. The monoisotopic (exact) mass is 510 g/mol. The third-order valence-corrected chi connectivity index (χ3v) is 4.90. The van der Waals surface area contributed by atoms with Crippen molar-refractivity contribution in [3.63, 3.8) is 0 Å². The van der Waals surface area contributed by atoms with E-state index in [0.717, 1.165) is 19.3 Å². The Morgan fingerprint density at radius 2 is 1.22 bits per heavy atom. The molecule has 0 radical (unpaired) electrons. The van der Waals surface area contributed by atoms with Crippen LogP contribution in [0.25, 0.3) is 0 Å². The topological polar surface area (TPSA) is 134 Å². The number of rotatable bonds is 20. The van der Waals surface area contributed by atoms with Crippen molar-refractivity contribution in [2.45, 2.75) is 129 Å². The van der Waals surface area contributed by atoms with Crippen molar-refractivity contribution in [2.24, 2.45) is 0 Å². The second-order valence-electron chi connectivity index (χ2n) is 8.03. The van der Waals surface area contributed by atoms with Crippen LogP contribution in [0.15, 0.2) is 0 Å². The summed E-state index contributed by atoms with van der Waals surface area (Å²) in [6, 6.07) is 0. The number of carboxylic acids is 1. The molecule has 0 fully saturated rings. The number of carboxylic acid groups (broad SMARTS) is 1. The average Bonchev–Trinajstić information content (AvgIpc) is 2.67. The van der Waals surface area contributed by atoms with Gasteiger partial charge in [0.1, 0.15) is 6.61 Å². The third-order valence-electron chi connectivity index (χ3n) is 4.90. The molecule has 0 aliphatic carbocycles. The Kier molecular flexibility index (Phi) is 31.5. The molecule has 0 heterocycles. The minimum absolute atomic E-state index is 0. The molecule has 8 nitrogen and oxygen atoms in total. The largest absolute Gasteiger partial charge is 1.00 e. The molecule has 0 bridgehead atoms. The van der Waals surface area contributed by atoms with Crippen molar-refractivity contribution in [3.8, 4) is 0 Å². The second kappa shape index (κ2) is 26.7. The number of hydrogen-bond acceptors (Lipinski definition) is 4. The van der Waals surface area contributed by atoms with Crippen LogP contribution in [0.3, 0.4) is 0 Å². The van der Waals surface area contributed by atoms with Gasteiger partial charge in [-0.2, -0.15) is 0 Å². The normalized spacial score (nSPS) is 12.9. The van der Waals surface area contributed by atoms with Gasteiger partial charge in [0.05, 0.1) is 6.10 Å². The number of phosphoric acid groups is 1. The number of ether oxygens (including phenoxy) is 2. The smallest absolute Gasteiger partial charge is 1.00 e. The van der Waals surface area contributed by atoms with E-state index in [4.69, 9.17) is 33.8 Å². The molecule has 4 N–H and O–H groups in total. The van der Waals surface area contributed by atoms with Gasteiger partial charge in [-0.3, -0.25) is 0 Å². The van der Waals surface area contributed by atoms with Gasteiger partial charge in [0, 0.05) is 0 Å². The first-order valence-corrected chi connectivity index (χ1v) is 13.4. The number of hydrogen-bond donors (Lipinski definition) is 4. The van der Waals surface area contributed by atoms with Crippen molar-refractivity contribution in [2.75, 3.05) is 6.61 Å². The molecule has 0 aliphatic heterocycles. The first-order chi connectivity index (χ1) is 14.6. The fraction of sp³-hybridized carbons (Fsp3) is 0.955. The van der Waals surface area contributed by atoms with Crippen molar-refractivity contribution in [1.82, 2.24) is 0 Å². The van der Waals surface area contributed by atoms with Gasteiger partial charge in [-0.05, 0) is 26.2 Å². The molecule has 0 aromatic heterocycles. The van der Waals surface area contributed by atoms with E-state index < -0.39 is 13.8 Å². The Balaban J connectivity index is -0.000000539. The Hall–Kier alpha value is 1.14. The van der Waals surface area contributed by atoms with Gasteiger partial charge in [0.15, 0.2) is 6.29 Å². The summed E-state index contributed by atoms with van der Waals surface area (Å²) in [5, 5.41) is 8.76. The van der Waals surface area contributed by atoms with Crippen LogP contribution in [-0.2, 0) is 18.8 Å². The standard InChI is InChI=1S/C22H44O4.K.H3O4P.H/c1-4-6-7-8-9-10-11-12-13-14-15-16-17-18-22(25-19-21(23)24)26-20(3)5-2;;1-5(2,3)4;/h20,22H,4-19H2,1-3H3,(H,23,24);;(H3,1,2,3,4);/q;+1;;-1. The summed E-state index contributed by atoms with van der Waals surface area (Å²) in [4.78, 5) is 32.2. The molecular formula is C22H48KO8P. The van der Waals surface area contributed by atoms with Crippen LogP contribution in [0.5, 0.6) is 0 Å². The van der Waals surface area contributed by atoms with Crippen LogP contribution < -0.4 is 51.4 Å². The Labute approximate surface area is 239 Å². The minimum atomic E-state index is -4.64. The van der Waals surface area contributed by atoms with Crippen molar-refractivity contribution in [1.29, 1.82) is 0 Å². The van der Waals surface area contributed by atoms with Gasteiger partial charge < -0.3 is 30.7 Å². The van der Waals surface area contributed by atoms with Crippen molar-refractivity contribution >= 4 is 13.8 Å². The Morgan fingerprint density at radius 1 is 0.844 bits per heavy atom. The Bertz CT molecular complexity index is 446. The SMILES string of the molecule is CCCCCCCCCCCCCCCC(OCC(=O)O)OC(C)CC.O=P(O)(O)O.[H-].[K+]. The van der Waals surface area contributed by atoms with Gasteiger partial charge in [-0.15, -0.1) is 0 Å². The zero-order chi connectivity index (χ0) is 24.0. The van der Waals surface area contributed by atoms with Gasteiger partial charge in [-0.25, -0.2) is 9.36 Å². The molecule has 10 heteroatoms. The first kappa shape index (κ1) is 37.7. The van der Waals surface area contributed by atoms with E-state index in [-0.39, 0.29) is 71.8 Å². The van der Waals surface area contributed by atoms with Crippen molar-refractivity contribution in [3.05, 3.63) is 0 Å². The molecule has 2 unspecified atom stereocenters. The molecule has 0 saturated carbocycles. The summed E-state index contributed by atoms with van der Waals surface area (Å²) in [5.41, 5.74) is 0. The minimum Gasteiger partial charge on any atom is -1.00 e. The Morgan fingerprint density at radius 3 is 1.56 bits per heavy atom. The van der Waals surface area contributed by atoms with Crippen LogP contribution in [0.2, 0.25) is 0 Å². The maximum Gasteiger partial charge on any atom is 1.00 e. The summed E-state index contributed by atoms with van der Waals surface area (Å²) in [6.07, 6.45) is 18.7. The molecule has 0 aromatic carbocycles. The zero-order valence-electron chi connectivity index (χ0n) is 21.8. The maximum absolute atomic E-state index is 10.7. The number of aliphatic carboxylic acids is 1. The molecule has 0 spiro atoms. The fourth-order valence-electron chi connectivity index (χ4n) is 3.04. The predicted molar refractivity (Wildman–Crippen MR) is 124 cm³/mol. The van der Waals surface area contributed by atoms with E-state index in [1.165, 1.54) is 77.0 Å². The molecule has 0 amide bonds. The van der Waals surface area contributed by atoms with E-state index in [1.54, 1.807) is 0 Å². The van der Waals surface area contributed by atoms with E-state index >= 15 is 0 Å². The van der Waals surface area contributed by atoms with Crippen LogP contribution in [-0.4, -0.2) is 44.8 Å². The van der Waals surface area contributed by atoms with Crippen molar-refractivity contribution < 1.29 is 91.4 Å². The molecule has 0 aromatic rings. The van der Waals surface area contributed by atoms with Gasteiger partial charge >= 0.3 is 65.2 Å². The average molecular weight is 511 g/mol. The molecule has 2 atom stereocenters. The van der Waals surface area contributed by atoms with Crippen LogP contribution in [0.1, 0.15) is 119 Å². The van der Waals surface area contributed by atoms with Gasteiger partial charge in [0.2, 0.25) is 0 Å². The molecule has 0 saturated heterocycles. The first-order valence-electron chi connectivity index (χ1n) is 11.9. The van der Waals surface area contributed by atoms with Gasteiger partial charge in [-0.1, -0.05) is 90.9 Å². The van der Waals surface area contributed by atoms with Crippen LogP contribution >= 0.6 is 7.82 Å². The summed E-state index contributed by atoms with van der Waals surface area (Å²) in [7, 11) is -4.64. The maximum atomic E-state index is 10.7. The molecular weight excluding hydrogens is 462 g/mol. The van der Waals surface area contributed by atoms with E-state index in [9.17, 15) is 4.79 Å². The summed E-state index contributed by atoms with van der Waals surface area (Å²) in [5.74, 6) is -0.937. The van der Waals surface area contributed by atoms with Gasteiger partial charge in [0.25, 0.3) is 0 Å². The quantitative estimate of drug-likeness (QED) is 0.0850. The summed E-state index contributed by atoms with van der Waals surface area (Å²) >= 11 is 0. The van der Waals surface area contributed by atoms with E-state index in [0.29, 0.717) is 0 Å².